The summed E-state index contributed by atoms with van der Waals surface area (Å²) in [6.45, 7) is 8.99. The minimum absolute atomic E-state index is 0.547. The van der Waals surface area contributed by atoms with Crippen LogP contribution in [0.1, 0.15) is 58.4 Å². The average molecular weight is 289 g/mol. The monoisotopic (exact) mass is 289 g/mol. The number of nitrogens with zero attached hydrogens (tertiary/aromatic N) is 2. The molecule has 118 valence electrons. The van der Waals surface area contributed by atoms with Gasteiger partial charge in [0.15, 0.2) is 0 Å². The SMILES string of the molecule is CCCNc1cc(CN(C)C2CCC(C)(C)CC2)ccn1. The Morgan fingerprint density at radius 1 is 1.33 bits per heavy atom. The lowest BCUT2D eigenvalue weighted by Gasteiger charge is -2.38. The van der Waals surface area contributed by atoms with Gasteiger partial charge in [-0.3, -0.25) is 4.90 Å². The van der Waals surface area contributed by atoms with Crippen molar-refractivity contribution in [1.29, 1.82) is 0 Å². The van der Waals surface area contributed by atoms with Gasteiger partial charge in [-0.15, -0.1) is 0 Å². The van der Waals surface area contributed by atoms with E-state index in [9.17, 15) is 0 Å². The van der Waals surface area contributed by atoms with Gasteiger partial charge in [0.25, 0.3) is 0 Å². The number of hydrogen-bond donors (Lipinski definition) is 1. The molecule has 0 atom stereocenters. The second-order valence-electron chi connectivity index (χ2n) is 7.29. The van der Waals surface area contributed by atoms with Crippen molar-refractivity contribution in [3.63, 3.8) is 0 Å². The summed E-state index contributed by atoms with van der Waals surface area (Å²) >= 11 is 0. The van der Waals surface area contributed by atoms with Crippen LogP contribution in [0.15, 0.2) is 18.3 Å². The average Bonchev–Trinajstić information content (AvgIpc) is 2.45. The normalized spacial score (nSPS) is 18.9. The third-order valence-electron chi connectivity index (χ3n) is 4.74. The van der Waals surface area contributed by atoms with Crippen LogP contribution in [0.25, 0.3) is 0 Å². The largest absolute Gasteiger partial charge is 0.370 e. The van der Waals surface area contributed by atoms with Crippen molar-refractivity contribution in [2.45, 2.75) is 65.5 Å². The summed E-state index contributed by atoms with van der Waals surface area (Å²) in [4.78, 5) is 6.91. The summed E-state index contributed by atoms with van der Waals surface area (Å²) in [7, 11) is 2.27. The number of aromatic nitrogens is 1. The predicted octanol–water partition coefficient (Wildman–Crippen LogP) is 4.30. The van der Waals surface area contributed by atoms with Crippen molar-refractivity contribution < 1.29 is 0 Å². The number of rotatable bonds is 6. The highest BCUT2D eigenvalue weighted by molar-refractivity contribution is 5.37. The summed E-state index contributed by atoms with van der Waals surface area (Å²) < 4.78 is 0. The summed E-state index contributed by atoms with van der Waals surface area (Å²) in [5, 5.41) is 3.37. The van der Waals surface area contributed by atoms with Crippen molar-refractivity contribution in [1.82, 2.24) is 9.88 Å². The van der Waals surface area contributed by atoms with E-state index in [2.05, 4.69) is 55.2 Å². The fraction of sp³-hybridized carbons (Fsp3) is 0.722. The highest BCUT2D eigenvalue weighted by Crippen LogP contribution is 2.36. The van der Waals surface area contributed by atoms with Gasteiger partial charge >= 0.3 is 0 Å². The molecule has 0 unspecified atom stereocenters. The Hall–Kier alpha value is -1.09. The number of anilines is 1. The van der Waals surface area contributed by atoms with Gasteiger partial charge in [0, 0.05) is 25.3 Å². The van der Waals surface area contributed by atoms with Crippen molar-refractivity contribution in [2.24, 2.45) is 5.41 Å². The van der Waals surface area contributed by atoms with Crippen molar-refractivity contribution in [3.05, 3.63) is 23.9 Å². The Labute approximate surface area is 130 Å². The molecule has 0 aromatic carbocycles. The van der Waals surface area contributed by atoms with Crippen molar-refractivity contribution in [3.8, 4) is 0 Å². The van der Waals surface area contributed by atoms with Gasteiger partial charge in [0.05, 0.1) is 0 Å². The molecular weight excluding hydrogens is 258 g/mol. The van der Waals surface area contributed by atoms with E-state index in [1.165, 1.54) is 31.2 Å². The molecule has 1 aromatic rings. The molecule has 0 saturated heterocycles. The molecule has 1 N–H and O–H groups in total. The van der Waals surface area contributed by atoms with Crippen LogP contribution >= 0.6 is 0 Å². The molecule has 0 amide bonds. The van der Waals surface area contributed by atoms with Crippen LogP contribution in [-0.2, 0) is 6.54 Å². The van der Waals surface area contributed by atoms with Gasteiger partial charge < -0.3 is 5.32 Å². The first-order chi connectivity index (χ1) is 10.00. The van der Waals surface area contributed by atoms with Gasteiger partial charge in [0.2, 0.25) is 0 Å². The first kappa shape index (κ1) is 16.3. The van der Waals surface area contributed by atoms with Crippen molar-refractivity contribution >= 4 is 5.82 Å². The van der Waals surface area contributed by atoms with E-state index in [-0.39, 0.29) is 0 Å². The second kappa shape index (κ2) is 7.26. The summed E-state index contributed by atoms with van der Waals surface area (Å²) in [6, 6.07) is 5.07. The highest BCUT2D eigenvalue weighted by atomic mass is 15.1. The zero-order valence-electron chi connectivity index (χ0n) is 14.2. The molecule has 1 saturated carbocycles. The van der Waals surface area contributed by atoms with Crippen LogP contribution in [0.5, 0.6) is 0 Å². The number of pyridine rings is 1. The van der Waals surface area contributed by atoms with Crippen LogP contribution in [0.2, 0.25) is 0 Å². The van der Waals surface area contributed by atoms with Gasteiger partial charge in [-0.05, 0) is 62.3 Å². The Bertz CT molecular complexity index is 432. The number of nitrogens with one attached hydrogen (secondary N) is 1. The molecule has 0 radical (unpaired) electrons. The molecule has 3 nitrogen and oxygen atoms in total. The zero-order valence-corrected chi connectivity index (χ0v) is 14.2. The Balaban J connectivity index is 1.89. The molecule has 0 bridgehead atoms. The quantitative estimate of drug-likeness (QED) is 0.846. The van der Waals surface area contributed by atoms with Crippen LogP contribution in [-0.4, -0.2) is 29.5 Å². The molecule has 0 spiro atoms. The smallest absolute Gasteiger partial charge is 0.126 e. The van der Waals surface area contributed by atoms with Gasteiger partial charge in [-0.25, -0.2) is 4.98 Å². The fourth-order valence-electron chi connectivity index (χ4n) is 3.16. The molecule has 1 heterocycles. The summed E-state index contributed by atoms with van der Waals surface area (Å²) in [5.41, 5.74) is 1.90. The van der Waals surface area contributed by atoms with Crippen LogP contribution in [0, 0.1) is 5.41 Å². The fourth-order valence-corrected chi connectivity index (χ4v) is 3.16. The van der Waals surface area contributed by atoms with E-state index in [0.29, 0.717) is 5.41 Å². The van der Waals surface area contributed by atoms with E-state index in [1.54, 1.807) is 0 Å². The minimum Gasteiger partial charge on any atom is -0.370 e. The van der Waals surface area contributed by atoms with Gasteiger partial charge in [-0.1, -0.05) is 20.8 Å². The molecule has 21 heavy (non-hydrogen) atoms. The first-order valence-electron chi connectivity index (χ1n) is 8.39. The summed E-state index contributed by atoms with van der Waals surface area (Å²) in [6.07, 6.45) is 8.41. The third kappa shape index (κ3) is 4.99. The van der Waals surface area contributed by atoms with Crippen LogP contribution in [0.3, 0.4) is 0 Å². The molecule has 1 aliphatic carbocycles. The van der Waals surface area contributed by atoms with Crippen molar-refractivity contribution in [2.75, 3.05) is 18.9 Å². The molecule has 2 rings (SSSR count). The molecule has 1 aliphatic rings. The zero-order chi connectivity index (χ0) is 15.3. The third-order valence-corrected chi connectivity index (χ3v) is 4.74. The van der Waals surface area contributed by atoms with Crippen LogP contribution < -0.4 is 5.32 Å². The van der Waals surface area contributed by atoms with E-state index >= 15 is 0 Å². The standard InChI is InChI=1S/C18H31N3/c1-5-11-19-17-13-15(8-12-20-17)14-21(4)16-6-9-18(2,3)10-7-16/h8,12-13,16H,5-7,9-11,14H2,1-4H3,(H,19,20). The maximum atomic E-state index is 4.39. The molecule has 1 aromatic heterocycles. The van der Waals surface area contributed by atoms with E-state index in [4.69, 9.17) is 0 Å². The lowest BCUT2D eigenvalue weighted by atomic mass is 9.75. The Morgan fingerprint density at radius 2 is 2.05 bits per heavy atom. The Kier molecular flexibility index (Phi) is 5.63. The second-order valence-corrected chi connectivity index (χ2v) is 7.29. The molecular formula is C18H31N3. The van der Waals surface area contributed by atoms with Gasteiger partial charge in [0.1, 0.15) is 5.82 Å². The molecule has 0 aliphatic heterocycles. The number of hydrogen-bond acceptors (Lipinski definition) is 3. The van der Waals surface area contributed by atoms with E-state index < -0.39 is 0 Å². The predicted molar refractivity (Wildman–Crippen MR) is 90.5 cm³/mol. The summed E-state index contributed by atoms with van der Waals surface area (Å²) in [5.74, 6) is 1.01. The maximum Gasteiger partial charge on any atom is 0.126 e. The van der Waals surface area contributed by atoms with Gasteiger partial charge in [-0.2, -0.15) is 0 Å². The minimum atomic E-state index is 0.547. The topological polar surface area (TPSA) is 28.2 Å². The lowest BCUT2D eigenvalue weighted by Crippen LogP contribution is -2.36. The lowest BCUT2D eigenvalue weighted by molar-refractivity contribution is 0.123. The van der Waals surface area contributed by atoms with E-state index in [1.807, 2.05) is 6.20 Å². The first-order valence-corrected chi connectivity index (χ1v) is 8.39. The highest BCUT2D eigenvalue weighted by Gasteiger charge is 2.28. The van der Waals surface area contributed by atoms with Crippen LogP contribution in [0.4, 0.5) is 5.82 Å². The van der Waals surface area contributed by atoms with E-state index in [0.717, 1.165) is 31.4 Å². The molecule has 1 fully saturated rings. The molecule has 3 heteroatoms. The Morgan fingerprint density at radius 3 is 2.71 bits per heavy atom. The maximum absolute atomic E-state index is 4.39.